The minimum Gasteiger partial charge on any atom is -0.0654 e. The summed E-state index contributed by atoms with van der Waals surface area (Å²) in [5.41, 5.74) is 2.84. The molecule has 0 amide bonds. The van der Waals surface area contributed by atoms with Gasteiger partial charge in [0.2, 0.25) is 0 Å². The van der Waals surface area contributed by atoms with Crippen molar-refractivity contribution in [3.05, 3.63) is 54.4 Å². The maximum absolute atomic E-state index is 4.03. The number of hydrogen-bond acceptors (Lipinski definition) is 0. The average Bonchev–Trinajstić information content (AvgIpc) is 2.35. The highest BCUT2D eigenvalue weighted by Crippen LogP contribution is 2.22. The predicted octanol–water partition coefficient (Wildman–Crippen LogP) is 4.56. The summed E-state index contributed by atoms with van der Waals surface area (Å²) >= 11 is 0. The van der Waals surface area contributed by atoms with Gasteiger partial charge in [0.05, 0.1) is 0 Å². The first kappa shape index (κ1) is 11.2. The third kappa shape index (κ3) is 2.27. The molecule has 0 aliphatic carbocycles. The Kier molecular flexibility index (Phi) is 3.61. The molecule has 0 heteroatoms. The van der Waals surface area contributed by atoms with E-state index in [9.17, 15) is 0 Å². The lowest BCUT2D eigenvalue weighted by atomic mass is 9.97. The minimum atomic E-state index is 0.875. The lowest BCUT2D eigenvalue weighted by Crippen LogP contribution is -1.90. The Hall–Kier alpha value is -1.30. The van der Waals surface area contributed by atoms with Gasteiger partial charge in [0, 0.05) is 0 Å². The summed E-state index contributed by atoms with van der Waals surface area (Å²) < 4.78 is 0. The lowest BCUT2D eigenvalue weighted by molar-refractivity contribution is 0.795. The fourth-order valence-electron chi connectivity index (χ4n) is 2.19. The van der Waals surface area contributed by atoms with Gasteiger partial charge in [-0.3, -0.25) is 0 Å². The number of unbranched alkanes of at least 4 members (excludes halogenated alkanes) is 1. The molecule has 83 valence electrons. The summed E-state index contributed by atoms with van der Waals surface area (Å²) in [6.45, 7) is 6.27. The SMILES string of the molecule is [CH2]Cc1cc(CCCC)cc2ccccc12. The monoisotopic (exact) mass is 211 g/mol. The van der Waals surface area contributed by atoms with Gasteiger partial charge in [-0.25, -0.2) is 0 Å². The number of aryl methyl sites for hydroxylation is 1. The van der Waals surface area contributed by atoms with Crippen molar-refractivity contribution >= 4 is 10.8 Å². The molecule has 0 bridgehead atoms. The molecule has 0 saturated carbocycles. The van der Waals surface area contributed by atoms with Crippen LogP contribution in [0.15, 0.2) is 36.4 Å². The molecule has 0 aliphatic heterocycles. The molecule has 0 unspecified atom stereocenters. The summed E-state index contributed by atoms with van der Waals surface area (Å²) in [4.78, 5) is 0. The number of hydrogen-bond donors (Lipinski definition) is 0. The Labute approximate surface area is 98.3 Å². The van der Waals surface area contributed by atoms with Crippen LogP contribution < -0.4 is 0 Å². The molecule has 0 saturated heterocycles. The van der Waals surface area contributed by atoms with E-state index in [1.54, 1.807) is 0 Å². The van der Waals surface area contributed by atoms with E-state index < -0.39 is 0 Å². The van der Waals surface area contributed by atoms with Crippen LogP contribution >= 0.6 is 0 Å². The van der Waals surface area contributed by atoms with Crippen molar-refractivity contribution in [2.75, 3.05) is 0 Å². The molecule has 0 aromatic heterocycles. The van der Waals surface area contributed by atoms with Crippen LogP contribution in [-0.4, -0.2) is 0 Å². The van der Waals surface area contributed by atoms with Gasteiger partial charge in [-0.2, -0.15) is 0 Å². The van der Waals surface area contributed by atoms with E-state index in [-0.39, 0.29) is 0 Å². The highest BCUT2D eigenvalue weighted by atomic mass is 14.1. The van der Waals surface area contributed by atoms with Crippen molar-refractivity contribution in [2.24, 2.45) is 0 Å². The smallest absolute Gasteiger partial charge is 0.0152 e. The van der Waals surface area contributed by atoms with Gasteiger partial charge < -0.3 is 0 Å². The van der Waals surface area contributed by atoms with E-state index in [0.717, 1.165) is 6.42 Å². The maximum atomic E-state index is 4.03. The van der Waals surface area contributed by atoms with E-state index in [2.05, 4.69) is 50.2 Å². The molecular weight excluding hydrogens is 192 g/mol. The molecule has 0 fully saturated rings. The largest absolute Gasteiger partial charge is 0.0654 e. The summed E-state index contributed by atoms with van der Waals surface area (Å²) in [5.74, 6) is 0. The third-order valence-electron chi connectivity index (χ3n) is 3.10. The second-order valence-corrected chi connectivity index (χ2v) is 4.33. The Morgan fingerprint density at radius 1 is 1.12 bits per heavy atom. The Bertz CT molecular complexity index is 468. The molecule has 0 nitrogen and oxygen atoms in total. The van der Waals surface area contributed by atoms with Gasteiger partial charge in [0.15, 0.2) is 0 Å². The van der Waals surface area contributed by atoms with Crippen LogP contribution in [0.25, 0.3) is 10.8 Å². The molecule has 1 radical (unpaired) electrons. The van der Waals surface area contributed by atoms with Crippen LogP contribution in [0.5, 0.6) is 0 Å². The van der Waals surface area contributed by atoms with Gasteiger partial charge in [0.1, 0.15) is 0 Å². The first-order valence-corrected chi connectivity index (χ1v) is 6.15. The summed E-state index contributed by atoms with van der Waals surface area (Å²) in [7, 11) is 0. The summed E-state index contributed by atoms with van der Waals surface area (Å²) in [5, 5.41) is 2.72. The molecule has 2 aromatic carbocycles. The summed E-state index contributed by atoms with van der Waals surface area (Å²) in [6, 6.07) is 13.3. The molecule has 16 heavy (non-hydrogen) atoms. The third-order valence-corrected chi connectivity index (χ3v) is 3.10. The second-order valence-electron chi connectivity index (χ2n) is 4.33. The van der Waals surface area contributed by atoms with Gasteiger partial charge in [0.25, 0.3) is 0 Å². The van der Waals surface area contributed by atoms with Crippen LogP contribution in [-0.2, 0) is 12.8 Å². The molecule has 2 aromatic rings. The van der Waals surface area contributed by atoms with Gasteiger partial charge in [-0.1, -0.05) is 49.7 Å². The number of fused-ring (bicyclic) bond motifs is 1. The fraction of sp³-hybridized carbons (Fsp3) is 0.312. The molecule has 2 rings (SSSR count). The molecule has 0 N–H and O–H groups in total. The van der Waals surface area contributed by atoms with E-state index >= 15 is 0 Å². The molecule has 0 aliphatic rings. The zero-order valence-corrected chi connectivity index (χ0v) is 10.00. The first-order valence-electron chi connectivity index (χ1n) is 6.15. The number of rotatable bonds is 4. The summed E-state index contributed by atoms with van der Waals surface area (Å²) in [6.07, 6.45) is 4.59. The van der Waals surface area contributed by atoms with Crippen LogP contribution in [0, 0.1) is 6.92 Å². The highest BCUT2D eigenvalue weighted by molar-refractivity contribution is 5.86. The van der Waals surface area contributed by atoms with Gasteiger partial charge in [-0.15, -0.1) is 0 Å². The quantitative estimate of drug-likeness (QED) is 0.695. The molecule has 0 spiro atoms. The first-order chi connectivity index (χ1) is 7.85. The van der Waals surface area contributed by atoms with Crippen molar-refractivity contribution in [3.8, 4) is 0 Å². The van der Waals surface area contributed by atoms with Crippen molar-refractivity contribution < 1.29 is 0 Å². The van der Waals surface area contributed by atoms with E-state index in [4.69, 9.17) is 0 Å². The van der Waals surface area contributed by atoms with E-state index in [0.29, 0.717) is 0 Å². The lowest BCUT2D eigenvalue weighted by Gasteiger charge is -2.08. The zero-order valence-electron chi connectivity index (χ0n) is 10.00. The standard InChI is InChI=1S/C16H19/c1-3-5-8-13-11-14(4-2)16-10-7-6-9-15(16)12-13/h6-7,9-12H,2-5,8H2,1H3. The second kappa shape index (κ2) is 5.16. The molecule has 0 heterocycles. The van der Waals surface area contributed by atoms with Crippen molar-refractivity contribution in [2.45, 2.75) is 32.6 Å². The van der Waals surface area contributed by atoms with E-state index in [1.807, 2.05) is 0 Å². The van der Waals surface area contributed by atoms with Crippen LogP contribution in [0.3, 0.4) is 0 Å². The number of benzene rings is 2. The molecular formula is C16H19. The van der Waals surface area contributed by atoms with Crippen LogP contribution in [0.4, 0.5) is 0 Å². The Morgan fingerprint density at radius 2 is 1.94 bits per heavy atom. The Morgan fingerprint density at radius 3 is 2.69 bits per heavy atom. The predicted molar refractivity (Wildman–Crippen MR) is 71.6 cm³/mol. The average molecular weight is 211 g/mol. The van der Waals surface area contributed by atoms with Gasteiger partial charge >= 0.3 is 0 Å². The molecule has 0 atom stereocenters. The van der Waals surface area contributed by atoms with E-state index in [1.165, 1.54) is 41.2 Å². The Balaban J connectivity index is 2.46. The zero-order chi connectivity index (χ0) is 11.4. The fourth-order valence-corrected chi connectivity index (χ4v) is 2.19. The van der Waals surface area contributed by atoms with Crippen LogP contribution in [0.2, 0.25) is 0 Å². The van der Waals surface area contributed by atoms with Crippen molar-refractivity contribution in [1.29, 1.82) is 0 Å². The van der Waals surface area contributed by atoms with Crippen molar-refractivity contribution in [1.82, 2.24) is 0 Å². The normalized spacial score (nSPS) is 10.9. The minimum absolute atomic E-state index is 0.875. The topological polar surface area (TPSA) is 0 Å². The van der Waals surface area contributed by atoms with Gasteiger partial charge in [-0.05, 0) is 48.1 Å². The maximum Gasteiger partial charge on any atom is -0.0152 e. The van der Waals surface area contributed by atoms with Crippen molar-refractivity contribution in [3.63, 3.8) is 0 Å². The highest BCUT2D eigenvalue weighted by Gasteiger charge is 2.02. The van der Waals surface area contributed by atoms with Crippen LogP contribution in [0.1, 0.15) is 30.9 Å².